The number of aryl methyl sites for hydroxylation is 1. The van der Waals surface area contributed by atoms with Crippen molar-refractivity contribution in [3.05, 3.63) is 35.1 Å². The van der Waals surface area contributed by atoms with E-state index in [1.54, 1.807) is 6.07 Å². The van der Waals surface area contributed by atoms with E-state index in [1.165, 1.54) is 44.6 Å². The van der Waals surface area contributed by atoms with Gasteiger partial charge in [0.1, 0.15) is 5.82 Å². The summed E-state index contributed by atoms with van der Waals surface area (Å²) in [6, 6.07) is 5.27. The summed E-state index contributed by atoms with van der Waals surface area (Å²) in [5, 5.41) is 0. The van der Waals surface area contributed by atoms with E-state index < -0.39 is 0 Å². The van der Waals surface area contributed by atoms with Gasteiger partial charge in [-0.05, 0) is 48.9 Å². The minimum Gasteiger partial charge on any atom is -0.271 e. The first-order chi connectivity index (χ1) is 9.69. The molecule has 2 nitrogen and oxygen atoms in total. The number of halogens is 1. The second-order valence-electron chi connectivity index (χ2n) is 6.23. The summed E-state index contributed by atoms with van der Waals surface area (Å²) in [5.74, 6) is 6.34. The fourth-order valence-electron chi connectivity index (χ4n) is 3.34. The molecule has 0 saturated heterocycles. The van der Waals surface area contributed by atoms with E-state index in [2.05, 4.69) is 5.43 Å². The van der Waals surface area contributed by atoms with Gasteiger partial charge in [0.15, 0.2) is 0 Å². The summed E-state index contributed by atoms with van der Waals surface area (Å²) in [6.07, 6.45) is 10.0. The van der Waals surface area contributed by atoms with Crippen LogP contribution in [0.1, 0.15) is 56.1 Å². The second kappa shape index (κ2) is 7.75. The van der Waals surface area contributed by atoms with Crippen LogP contribution in [0.15, 0.2) is 18.2 Å². The van der Waals surface area contributed by atoms with E-state index in [4.69, 9.17) is 5.84 Å². The van der Waals surface area contributed by atoms with Crippen LogP contribution in [0, 0.1) is 18.7 Å². The topological polar surface area (TPSA) is 38.0 Å². The summed E-state index contributed by atoms with van der Waals surface area (Å²) in [7, 11) is 0. The minimum absolute atomic E-state index is 0.157. The lowest BCUT2D eigenvalue weighted by Gasteiger charge is -2.22. The lowest BCUT2D eigenvalue weighted by atomic mass is 9.89. The zero-order valence-electron chi connectivity index (χ0n) is 12.5. The zero-order valence-corrected chi connectivity index (χ0v) is 12.5. The van der Waals surface area contributed by atoms with Crippen LogP contribution in [0.25, 0.3) is 0 Å². The number of nitrogens with one attached hydrogen (secondary N) is 1. The Balaban J connectivity index is 1.95. The van der Waals surface area contributed by atoms with Gasteiger partial charge in [0, 0.05) is 6.04 Å². The van der Waals surface area contributed by atoms with Crippen molar-refractivity contribution in [1.82, 2.24) is 5.43 Å². The molecule has 0 bridgehead atoms. The number of benzene rings is 1. The number of hydrazine groups is 1. The van der Waals surface area contributed by atoms with E-state index >= 15 is 0 Å². The van der Waals surface area contributed by atoms with E-state index in [0.717, 1.165) is 29.9 Å². The number of hydrogen-bond acceptors (Lipinski definition) is 2. The van der Waals surface area contributed by atoms with E-state index in [1.807, 2.05) is 13.0 Å². The third-order valence-electron chi connectivity index (χ3n) is 4.61. The number of rotatable bonds is 5. The average molecular weight is 278 g/mol. The van der Waals surface area contributed by atoms with Crippen molar-refractivity contribution in [3.8, 4) is 0 Å². The van der Waals surface area contributed by atoms with Crippen LogP contribution < -0.4 is 11.3 Å². The van der Waals surface area contributed by atoms with Gasteiger partial charge in [-0.1, -0.05) is 44.6 Å². The van der Waals surface area contributed by atoms with Gasteiger partial charge in [-0.3, -0.25) is 11.3 Å². The van der Waals surface area contributed by atoms with Crippen molar-refractivity contribution < 1.29 is 4.39 Å². The first kappa shape index (κ1) is 15.5. The fraction of sp³-hybridized carbons (Fsp3) is 0.647. The molecule has 1 atom stereocenters. The maximum absolute atomic E-state index is 13.4. The quantitative estimate of drug-likeness (QED) is 0.487. The Morgan fingerprint density at radius 3 is 2.60 bits per heavy atom. The molecule has 0 aliphatic heterocycles. The van der Waals surface area contributed by atoms with Gasteiger partial charge >= 0.3 is 0 Å². The molecule has 1 unspecified atom stereocenters. The van der Waals surface area contributed by atoms with Crippen molar-refractivity contribution in [2.24, 2.45) is 11.8 Å². The monoisotopic (exact) mass is 278 g/mol. The third-order valence-corrected chi connectivity index (χ3v) is 4.61. The largest absolute Gasteiger partial charge is 0.271 e. The van der Waals surface area contributed by atoms with Gasteiger partial charge in [-0.2, -0.15) is 0 Å². The summed E-state index contributed by atoms with van der Waals surface area (Å²) < 4.78 is 13.4. The van der Waals surface area contributed by atoms with E-state index in [0.29, 0.717) is 0 Å². The van der Waals surface area contributed by atoms with Crippen LogP contribution in [-0.2, 0) is 6.42 Å². The normalized spacial score (nSPS) is 18.8. The van der Waals surface area contributed by atoms with Crippen LogP contribution in [-0.4, -0.2) is 6.04 Å². The molecule has 3 N–H and O–H groups in total. The first-order valence-corrected chi connectivity index (χ1v) is 7.90. The Hall–Kier alpha value is -0.930. The van der Waals surface area contributed by atoms with Crippen molar-refractivity contribution in [2.45, 2.75) is 64.3 Å². The molecule has 1 aromatic carbocycles. The highest BCUT2D eigenvalue weighted by Crippen LogP contribution is 2.27. The first-order valence-electron chi connectivity index (χ1n) is 7.90. The predicted octanol–water partition coefficient (Wildman–Crippen LogP) is 3.87. The molecule has 0 radical (unpaired) electrons. The molecule has 0 aromatic heterocycles. The van der Waals surface area contributed by atoms with Crippen molar-refractivity contribution in [2.75, 3.05) is 0 Å². The Bertz CT molecular complexity index is 411. The summed E-state index contributed by atoms with van der Waals surface area (Å²) >= 11 is 0. The van der Waals surface area contributed by atoms with Gasteiger partial charge in [0.2, 0.25) is 0 Å². The maximum Gasteiger partial charge on any atom is 0.123 e. The van der Waals surface area contributed by atoms with E-state index in [-0.39, 0.29) is 11.9 Å². The summed E-state index contributed by atoms with van der Waals surface area (Å²) in [4.78, 5) is 0. The maximum atomic E-state index is 13.4. The molecular weight excluding hydrogens is 251 g/mol. The Morgan fingerprint density at radius 2 is 1.95 bits per heavy atom. The Kier molecular flexibility index (Phi) is 5.99. The molecule has 1 aromatic rings. The van der Waals surface area contributed by atoms with Crippen molar-refractivity contribution in [3.63, 3.8) is 0 Å². The molecule has 1 aliphatic carbocycles. The number of nitrogens with two attached hydrogens (primary N) is 1. The van der Waals surface area contributed by atoms with Crippen LogP contribution in [0.2, 0.25) is 0 Å². The van der Waals surface area contributed by atoms with Crippen molar-refractivity contribution in [1.29, 1.82) is 0 Å². The van der Waals surface area contributed by atoms with Crippen LogP contribution in [0.5, 0.6) is 0 Å². The second-order valence-corrected chi connectivity index (χ2v) is 6.23. The molecule has 0 amide bonds. The van der Waals surface area contributed by atoms with Gasteiger partial charge in [-0.25, -0.2) is 4.39 Å². The standard InChI is InChI=1S/C17H27FN2/c1-13-8-9-16(18)11-15(13)12-17(20-19)10-14-6-4-2-3-5-7-14/h8-9,11,14,17,20H,2-7,10,12,19H2,1H3. The molecule has 0 spiro atoms. The molecule has 112 valence electrons. The molecule has 20 heavy (non-hydrogen) atoms. The zero-order chi connectivity index (χ0) is 14.4. The van der Waals surface area contributed by atoms with Crippen LogP contribution >= 0.6 is 0 Å². The summed E-state index contributed by atoms with van der Waals surface area (Å²) in [5.41, 5.74) is 5.16. The molecule has 1 aliphatic rings. The molecule has 1 saturated carbocycles. The van der Waals surface area contributed by atoms with Gasteiger partial charge < -0.3 is 0 Å². The third kappa shape index (κ3) is 4.57. The van der Waals surface area contributed by atoms with Gasteiger partial charge in [0.05, 0.1) is 0 Å². The fourth-order valence-corrected chi connectivity index (χ4v) is 3.34. The smallest absolute Gasteiger partial charge is 0.123 e. The SMILES string of the molecule is Cc1ccc(F)cc1CC(CC1CCCCCC1)NN. The summed E-state index contributed by atoms with van der Waals surface area (Å²) in [6.45, 7) is 2.04. The highest BCUT2D eigenvalue weighted by Gasteiger charge is 2.18. The lowest BCUT2D eigenvalue weighted by molar-refractivity contribution is 0.352. The van der Waals surface area contributed by atoms with Crippen LogP contribution in [0.4, 0.5) is 4.39 Å². The highest BCUT2D eigenvalue weighted by atomic mass is 19.1. The number of hydrogen-bond donors (Lipinski definition) is 2. The molecule has 3 heteroatoms. The average Bonchev–Trinajstić information content (AvgIpc) is 2.70. The molecule has 0 heterocycles. The minimum atomic E-state index is -0.157. The van der Waals surface area contributed by atoms with Crippen LogP contribution in [0.3, 0.4) is 0 Å². The predicted molar refractivity (Wildman–Crippen MR) is 81.8 cm³/mol. The Morgan fingerprint density at radius 1 is 1.25 bits per heavy atom. The van der Waals surface area contributed by atoms with Gasteiger partial charge in [-0.15, -0.1) is 0 Å². The van der Waals surface area contributed by atoms with Gasteiger partial charge in [0.25, 0.3) is 0 Å². The van der Waals surface area contributed by atoms with Crippen molar-refractivity contribution >= 4 is 0 Å². The van der Waals surface area contributed by atoms with E-state index in [9.17, 15) is 4.39 Å². The highest BCUT2D eigenvalue weighted by molar-refractivity contribution is 5.27. The molecular formula is C17H27FN2. The molecule has 1 fully saturated rings. The molecule has 2 rings (SSSR count). The Labute approximate surface area is 121 Å². The lowest BCUT2D eigenvalue weighted by Crippen LogP contribution is -2.38.